The second-order valence-electron chi connectivity index (χ2n) is 0.183. The summed E-state index contributed by atoms with van der Waals surface area (Å²) in [6, 6.07) is 0. The van der Waals surface area contributed by atoms with Gasteiger partial charge in [0.1, 0.15) is 0 Å². The Bertz CT molecular complexity index is 70.3. The fourth-order valence-corrected chi connectivity index (χ4v) is 0. The molecule has 0 amide bonds. The molecule has 0 aromatic heterocycles. The first-order chi connectivity index (χ1) is 7.83. The van der Waals surface area contributed by atoms with E-state index >= 15 is 0 Å². The average molecular weight is 654 g/mol. The van der Waals surface area contributed by atoms with Crippen molar-refractivity contribution in [3.05, 3.63) is 0 Å². The summed E-state index contributed by atoms with van der Waals surface area (Å²) in [4.78, 5) is 0. The topological polar surface area (TPSA) is 160 Å². The maximum absolute atomic E-state index is 8.61. The maximum atomic E-state index is 8.61. The molecule has 0 aliphatic carbocycles. The molecular formula is H2Ge7O9. The van der Waals surface area contributed by atoms with Crippen molar-refractivity contribution in [3.8, 4) is 0 Å². The molecular weight excluding hydrogens is 652 g/mol. The molecule has 0 unspecified atom stereocenters. The first kappa shape index (κ1) is 43.0. The summed E-state index contributed by atoms with van der Waals surface area (Å²) in [7, 11) is 0. The van der Waals surface area contributed by atoms with Gasteiger partial charge in [0.25, 0.3) is 0 Å². The van der Waals surface area contributed by atoms with Crippen molar-refractivity contribution in [1.29, 1.82) is 0 Å². The van der Waals surface area contributed by atoms with Gasteiger partial charge in [-0.25, -0.2) is 0 Å². The van der Waals surface area contributed by atoms with Gasteiger partial charge < -0.3 is 0 Å². The fourth-order valence-electron chi connectivity index (χ4n) is 0. The van der Waals surface area contributed by atoms with Crippen molar-refractivity contribution in [2.45, 2.75) is 0 Å². The van der Waals surface area contributed by atoms with Crippen LogP contribution in [0.25, 0.3) is 0 Å². The van der Waals surface area contributed by atoms with Crippen molar-refractivity contribution >= 4 is 114 Å². The molecule has 0 spiro atoms. The second kappa shape index (κ2) is 272. The molecule has 0 saturated carbocycles. The first-order valence-corrected chi connectivity index (χ1v) is 9.75. The predicted octanol–water partition coefficient (Wildman–Crippen LogP) is -4.61. The molecule has 0 aliphatic rings. The minimum absolute atomic E-state index is 0.750. The van der Waals surface area contributed by atoms with Gasteiger partial charge in [0.15, 0.2) is 0 Å². The molecule has 0 aromatic carbocycles. The standard InChI is InChI=1S/2GeHO2.5GeO/c2*2-1-3;5*1-2/h2*2H;;;;;. The number of rotatable bonds is 0. The molecule has 84 valence electrons. The summed E-state index contributed by atoms with van der Waals surface area (Å²) >= 11 is 0.250. The van der Waals surface area contributed by atoms with Gasteiger partial charge in [-0.1, -0.05) is 0 Å². The van der Waals surface area contributed by atoms with E-state index in [4.69, 9.17) is 34.7 Å². The van der Waals surface area contributed by atoms with E-state index in [9.17, 15) is 0 Å². The molecule has 0 saturated heterocycles. The van der Waals surface area contributed by atoms with Gasteiger partial charge in [0, 0.05) is 0 Å². The van der Waals surface area contributed by atoms with E-state index in [0.717, 1.165) is 82.3 Å². The average Bonchev–Trinajstić information content (AvgIpc) is 2.42. The number of hydrogen-bond donors (Lipinski definition) is 2. The van der Waals surface area contributed by atoms with E-state index in [1.165, 1.54) is 0 Å². The molecule has 0 fully saturated rings. The van der Waals surface area contributed by atoms with Crippen LogP contribution in [0.15, 0.2) is 0 Å². The predicted molar refractivity (Wildman–Crippen MR) is 49.5 cm³/mol. The summed E-state index contributed by atoms with van der Waals surface area (Å²) in [5, 5.41) is 0. The molecule has 0 bridgehead atoms. The van der Waals surface area contributed by atoms with Crippen molar-refractivity contribution < 1.29 is 34.7 Å². The first-order valence-electron chi connectivity index (χ1n) is 1.88. The Hall–Kier alpha value is 2.00. The van der Waals surface area contributed by atoms with E-state index in [2.05, 4.69) is 0 Å². The third kappa shape index (κ3) is 900. The van der Waals surface area contributed by atoms with Crippen molar-refractivity contribution in [2.24, 2.45) is 0 Å². The van der Waals surface area contributed by atoms with Crippen LogP contribution in [-0.4, -0.2) is 122 Å². The monoisotopic (exact) mass is 663 g/mol. The zero-order valence-electron chi connectivity index (χ0n) is 7.25. The molecule has 16 heteroatoms. The number of hydrogen-bond acceptors (Lipinski definition) is 7. The Labute approximate surface area is 146 Å². The summed E-state index contributed by atoms with van der Waals surface area (Å²) in [6.07, 6.45) is 0. The van der Waals surface area contributed by atoms with E-state index in [0.29, 0.717) is 0 Å². The van der Waals surface area contributed by atoms with Gasteiger partial charge in [0.2, 0.25) is 0 Å². The van der Waals surface area contributed by atoms with E-state index < -0.39 is 31.4 Å². The summed E-state index contributed by atoms with van der Waals surface area (Å²) in [6.45, 7) is 0. The van der Waals surface area contributed by atoms with E-state index in [1.54, 1.807) is 0 Å². The molecule has 0 aliphatic heterocycles. The second-order valence-corrected chi connectivity index (χ2v) is 0.949. The zero-order chi connectivity index (χ0) is 15.4. The van der Waals surface area contributed by atoms with Crippen LogP contribution >= 0.6 is 0 Å². The zero-order valence-corrected chi connectivity index (χ0v) is 21.9. The van der Waals surface area contributed by atoms with Crippen LogP contribution in [0.5, 0.6) is 0 Å². The third-order valence-electron chi connectivity index (χ3n) is 0. The summed E-state index contributed by atoms with van der Waals surface area (Å²) in [5.41, 5.74) is 0. The van der Waals surface area contributed by atoms with Crippen molar-refractivity contribution in [3.63, 3.8) is 0 Å². The van der Waals surface area contributed by atoms with Crippen LogP contribution in [-0.2, 0) is 26.4 Å². The van der Waals surface area contributed by atoms with Crippen LogP contribution in [0.2, 0.25) is 0 Å². The van der Waals surface area contributed by atoms with Gasteiger partial charge in [-0.15, -0.1) is 0 Å². The molecule has 2 N–H and O–H groups in total. The Morgan fingerprint density at radius 2 is 0.500 bits per heavy atom. The molecule has 12 radical (unpaired) electrons. The van der Waals surface area contributed by atoms with Gasteiger partial charge in [0.05, 0.1) is 0 Å². The van der Waals surface area contributed by atoms with Gasteiger partial charge >= 0.3 is 148 Å². The Balaban J connectivity index is -0.0000000120. The van der Waals surface area contributed by atoms with E-state index in [1.807, 2.05) is 0 Å². The summed E-state index contributed by atoms with van der Waals surface area (Å²) < 4.78 is 72.8. The molecule has 0 rings (SSSR count). The summed E-state index contributed by atoms with van der Waals surface area (Å²) in [5.74, 6) is 0. The minimum atomic E-state index is -1.75. The molecule has 16 heavy (non-hydrogen) atoms. The van der Waals surface area contributed by atoms with Crippen LogP contribution in [0.1, 0.15) is 0 Å². The Kier molecular flexibility index (Phi) is 731. The van der Waals surface area contributed by atoms with E-state index in [-0.39, 0.29) is 0 Å². The van der Waals surface area contributed by atoms with Crippen LogP contribution in [0.3, 0.4) is 0 Å². The fraction of sp³-hybridized carbons (Fsp3) is 0. The van der Waals surface area contributed by atoms with Crippen LogP contribution < -0.4 is 0 Å². The molecule has 9 nitrogen and oxygen atoms in total. The Morgan fingerprint density at radius 1 is 0.500 bits per heavy atom. The quantitative estimate of drug-likeness (QED) is 0.245. The van der Waals surface area contributed by atoms with Gasteiger partial charge in [-0.05, 0) is 0 Å². The normalized spacial score (nSPS) is 2.75. The Morgan fingerprint density at radius 3 is 0.500 bits per heavy atom. The SMILES string of the molecule is [O]=[Ge].[O]=[Ge].[O]=[Ge].[O]=[Ge].[O]=[Ge].[O]=[Ge][OH].[O]=[Ge][OH]. The van der Waals surface area contributed by atoms with Crippen molar-refractivity contribution in [1.82, 2.24) is 0 Å². The van der Waals surface area contributed by atoms with Crippen molar-refractivity contribution in [2.75, 3.05) is 0 Å². The molecule has 0 aromatic rings. The van der Waals surface area contributed by atoms with Crippen LogP contribution in [0, 0.1) is 0 Å². The third-order valence-corrected chi connectivity index (χ3v) is 0. The van der Waals surface area contributed by atoms with Crippen LogP contribution in [0.4, 0.5) is 0 Å². The van der Waals surface area contributed by atoms with Gasteiger partial charge in [-0.2, -0.15) is 0 Å². The molecule has 0 atom stereocenters. The molecule has 0 heterocycles. The van der Waals surface area contributed by atoms with Gasteiger partial charge in [-0.3, -0.25) is 0 Å².